The van der Waals surface area contributed by atoms with Gasteiger partial charge in [0, 0.05) is 24.9 Å². The molecular formula is C17H17N5O3. The average Bonchev–Trinajstić information content (AvgIpc) is 3.22. The third-order valence-corrected chi connectivity index (χ3v) is 4.22. The zero-order valence-electron chi connectivity index (χ0n) is 13.7. The summed E-state index contributed by atoms with van der Waals surface area (Å²) in [6, 6.07) is 7.87. The zero-order chi connectivity index (χ0) is 17.2. The van der Waals surface area contributed by atoms with E-state index in [-0.39, 0.29) is 11.8 Å². The predicted molar refractivity (Wildman–Crippen MR) is 86.7 cm³/mol. The molecule has 25 heavy (non-hydrogen) atoms. The Morgan fingerprint density at radius 2 is 1.96 bits per heavy atom. The largest absolute Gasteiger partial charge is 0.340 e. The summed E-state index contributed by atoms with van der Waals surface area (Å²) < 4.78 is 10.2. The maximum Gasteiger partial charge on any atom is 0.227 e. The van der Waals surface area contributed by atoms with Gasteiger partial charge in [0.25, 0.3) is 0 Å². The number of aryl methyl sites for hydroxylation is 2. The van der Waals surface area contributed by atoms with Gasteiger partial charge >= 0.3 is 0 Å². The first-order valence-electron chi connectivity index (χ1n) is 8.17. The fourth-order valence-electron chi connectivity index (χ4n) is 2.96. The van der Waals surface area contributed by atoms with E-state index in [9.17, 15) is 4.79 Å². The highest BCUT2D eigenvalue weighted by atomic mass is 16.5. The van der Waals surface area contributed by atoms with E-state index < -0.39 is 0 Å². The molecule has 8 heteroatoms. The molecule has 3 aromatic rings. The van der Waals surface area contributed by atoms with Gasteiger partial charge in [-0.2, -0.15) is 9.97 Å². The van der Waals surface area contributed by atoms with Crippen molar-refractivity contribution in [2.75, 3.05) is 5.32 Å². The predicted octanol–water partition coefficient (Wildman–Crippen LogP) is 2.10. The van der Waals surface area contributed by atoms with Crippen molar-refractivity contribution in [1.29, 1.82) is 0 Å². The number of anilines is 1. The van der Waals surface area contributed by atoms with E-state index >= 15 is 0 Å². The van der Waals surface area contributed by atoms with Crippen molar-refractivity contribution in [1.82, 2.24) is 20.3 Å². The van der Waals surface area contributed by atoms with Gasteiger partial charge < -0.3 is 14.4 Å². The van der Waals surface area contributed by atoms with Gasteiger partial charge in [0.2, 0.25) is 17.7 Å². The van der Waals surface area contributed by atoms with E-state index in [1.807, 2.05) is 24.3 Å². The Balaban J connectivity index is 1.36. The third-order valence-electron chi connectivity index (χ3n) is 4.22. The molecule has 0 radical (unpaired) electrons. The maximum atomic E-state index is 12.2. The molecule has 4 rings (SSSR count). The monoisotopic (exact) mass is 339 g/mol. The van der Waals surface area contributed by atoms with Crippen LogP contribution in [0, 0.1) is 12.8 Å². The number of rotatable bonds is 5. The molecule has 8 nitrogen and oxygen atoms in total. The van der Waals surface area contributed by atoms with Crippen LogP contribution in [0.15, 0.2) is 33.3 Å². The maximum absolute atomic E-state index is 12.2. The number of amides is 1. The number of nitrogens with zero attached hydrogens (tertiary/aromatic N) is 4. The second kappa shape index (κ2) is 6.46. The molecule has 1 atom stereocenters. The second-order valence-corrected chi connectivity index (χ2v) is 6.10. The van der Waals surface area contributed by atoms with Crippen molar-refractivity contribution in [3.63, 3.8) is 0 Å². The molecule has 0 spiro atoms. The molecule has 2 aromatic heterocycles. The van der Waals surface area contributed by atoms with Crippen LogP contribution in [0.5, 0.6) is 0 Å². The Morgan fingerprint density at radius 1 is 1.16 bits per heavy atom. The highest BCUT2D eigenvalue weighted by Gasteiger charge is 2.26. The normalized spacial score (nSPS) is 16.5. The van der Waals surface area contributed by atoms with Crippen LogP contribution in [0.3, 0.4) is 0 Å². The molecule has 1 N–H and O–H groups in total. The molecule has 0 saturated carbocycles. The summed E-state index contributed by atoms with van der Waals surface area (Å²) in [4.78, 5) is 20.7. The van der Waals surface area contributed by atoms with Crippen molar-refractivity contribution >= 4 is 11.6 Å². The number of fused-ring (bicyclic) bond motifs is 1. The van der Waals surface area contributed by atoms with Crippen LogP contribution in [-0.4, -0.2) is 26.2 Å². The van der Waals surface area contributed by atoms with Crippen molar-refractivity contribution in [2.24, 2.45) is 5.92 Å². The number of benzene rings is 1. The van der Waals surface area contributed by atoms with E-state index in [4.69, 9.17) is 9.05 Å². The molecule has 1 aromatic carbocycles. The summed E-state index contributed by atoms with van der Waals surface area (Å²) >= 11 is 0. The van der Waals surface area contributed by atoms with Crippen LogP contribution in [0.25, 0.3) is 0 Å². The van der Waals surface area contributed by atoms with Crippen LogP contribution in [0.2, 0.25) is 0 Å². The second-order valence-electron chi connectivity index (χ2n) is 6.10. The molecule has 0 bridgehead atoms. The lowest BCUT2D eigenvalue weighted by atomic mass is 9.90. The van der Waals surface area contributed by atoms with Gasteiger partial charge in [-0.3, -0.25) is 4.79 Å². The average molecular weight is 339 g/mol. The summed E-state index contributed by atoms with van der Waals surface area (Å²) in [6.07, 6.45) is 2.30. The Morgan fingerprint density at radius 3 is 2.80 bits per heavy atom. The lowest BCUT2D eigenvalue weighted by molar-refractivity contribution is -0.120. The number of hydrogen-bond donors (Lipinski definition) is 1. The summed E-state index contributed by atoms with van der Waals surface area (Å²) in [5.41, 5.74) is 2.06. The van der Waals surface area contributed by atoms with E-state index in [2.05, 4.69) is 25.6 Å². The number of para-hydroxylation sites is 1. The summed E-state index contributed by atoms with van der Waals surface area (Å²) in [5.74, 6) is 2.00. The molecule has 0 unspecified atom stereocenters. The lowest BCUT2D eigenvalue weighted by Gasteiger charge is -2.24. The summed E-state index contributed by atoms with van der Waals surface area (Å²) in [6.45, 7) is 1.73. The number of hydrogen-bond acceptors (Lipinski definition) is 7. The summed E-state index contributed by atoms with van der Waals surface area (Å²) in [7, 11) is 0. The van der Waals surface area contributed by atoms with Crippen molar-refractivity contribution in [3.8, 4) is 0 Å². The molecule has 1 amide bonds. The SMILES string of the molecule is Cc1nc(Cc2noc(CC[C@H]3Cc4ccccc4NC3=O)n2)no1. The molecule has 0 saturated heterocycles. The van der Waals surface area contributed by atoms with Gasteiger partial charge in [-0.1, -0.05) is 28.5 Å². The minimum absolute atomic E-state index is 0.0423. The lowest BCUT2D eigenvalue weighted by Crippen LogP contribution is -2.30. The zero-order valence-corrected chi connectivity index (χ0v) is 13.7. The van der Waals surface area contributed by atoms with Gasteiger partial charge in [0.05, 0.1) is 6.42 Å². The molecule has 1 aliphatic rings. The van der Waals surface area contributed by atoms with Crippen LogP contribution in [0.4, 0.5) is 5.69 Å². The molecule has 128 valence electrons. The fraction of sp³-hybridized carbons (Fsp3) is 0.353. The topological polar surface area (TPSA) is 107 Å². The Labute approximate surface area is 143 Å². The van der Waals surface area contributed by atoms with E-state index in [1.54, 1.807) is 6.92 Å². The molecule has 0 aliphatic carbocycles. The Hall–Kier alpha value is -3.03. The minimum Gasteiger partial charge on any atom is -0.340 e. The van der Waals surface area contributed by atoms with Gasteiger partial charge in [-0.25, -0.2) is 0 Å². The van der Waals surface area contributed by atoms with Crippen LogP contribution in [-0.2, 0) is 24.1 Å². The first-order chi connectivity index (χ1) is 12.2. The van der Waals surface area contributed by atoms with E-state index in [0.29, 0.717) is 42.7 Å². The van der Waals surface area contributed by atoms with E-state index in [0.717, 1.165) is 17.7 Å². The highest BCUT2D eigenvalue weighted by molar-refractivity contribution is 5.95. The minimum atomic E-state index is -0.0925. The standard InChI is InChI=1S/C17H17N5O3/c1-10-18-14(21-24-10)9-15-20-16(25-22-15)7-6-12-8-11-4-2-3-5-13(11)19-17(12)23/h2-5,12H,6-9H2,1H3,(H,19,23)/t12-/m0/s1. The van der Waals surface area contributed by atoms with Crippen molar-refractivity contribution in [3.05, 3.63) is 53.3 Å². The highest BCUT2D eigenvalue weighted by Crippen LogP contribution is 2.27. The molecular weight excluding hydrogens is 322 g/mol. The van der Waals surface area contributed by atoms with Crippen LogP contribution >= 0.6 is 0 Å². The van der Waals surface area contributed by atoms with Crippen LogP contribution < -0.4 is 5.32 Å². The molecule has 3 heterocycles. The Kier molecular flexibility index (Phi) is 4.01. The van der Waals surface area contributed by atoms with Gasteiger partial charge in [-0.05, 0) is 24.5 Å². The number of carbonyl (C=O) groups excluding carboxylic acids is 1. The first-order valence-corrected chi connectivity index (χ1v) is 8.17. The first kappa shape index (κ1) is 15.5. The fourth-order valence-corrected chi connectivity index (χ4v) is 2.96. The van der Waals surface area contributed by atoms with Gasteiger partial charge in [0.1, 0.15) is 0 Å². The van der Waals surface area contributed by atoms with Gasteiger partial charge in [0.15, 0.2) is 11.6 Å². The number of carbonyl (C=O) groups is 1. The quantitative estimate of drug-likeness (QED) is 0.758. The summed E-state index contributed by atoms with van der Waals surface area (Å²) in [5, 5.41) is 10.7. The molecule has 0 fully saturated rings. The van der Waals surface area contributed by atoms with Crippen molar-refractivity contribution < 1.29 is 13.8 Å². The number of nitrogens with one attached hydrogen (secondary N) is 1. The van der Waals surface area contributed by atoms with Crippen molar-refractivity contribution in [2.45, 2.75) is 32.6 Å². The molecule has 1 aliphatic heterocycles. The number of aromatic nitrogens is 4. The third kappa shape index (κ3) is 3.42. The van der Waals surface area contributed by atoms with Crippen LogP contribution in [0.1, 0.15) is 35.4 Å². The smallest absolute Gasteiger partial charge is 0.227 e. The van der Waals surface area contributed by atoms with Gasteiger partial charge in [-0.15, -0.1) is 0 Å². The van der Waals surface area contributed by atoms with E-state index in [1.165, 1.54) is 0 Å². The Bertz CT molecular complexity index is 901.